The lowest BCUT2D eigenvalue weighted by molar-refractivity contribution is -0.127. The maximum absolute atomic E-state index is 14.4. The topological polar surface area (TPSA) is 104 Å². The van der Waals surface area contributed by atoms with Crippen LogP contribution in [0.15, 0.2) is 31.2 Å². The van der Waals surface area contributed by atoms with Gasteiger partial charge in [-0.25, -0.2) is 4.39 Å². The number of amides is 1. The van der Waals surface area contributed by atoms with Gasteiger partial charge in [0, 0.05) is 38.1 Å². The van der Waals surface area contributed by atoms with Gasteiger partial charge in [0.15, 0.2) is 5.82 Å². The number of aryl methyl sites for hydroxylation is 1. The van der Waals surface area contributed by atoms with Crippen molar-refractivity contribution in [3.8, 4) is 0 Å². The summed E-state index contributed by atoms with van der Waals surface area (Å²) in [4.78, 5) is 25.4. The second kappa shape index (κ2) is 7.90. The normalized spacial score (nSPS) is 16.8. The number of carbonyl (C=O) groups excluding carboxylic acids is 1. The van der Waals surface area contributed by atoms with E-state index in [-0.39, 0.29) is 11.9 Å². The van der Waals surface area contributed by atoms with E-state index < -0.39 is 5.82 Å². The quantitative estimate of drug-likeness (QED) is 0.552. The summed E-state index contributed by atoms with van der Waals surface area (Å²) in [5, 5.41) is 10.9. The molecule has 0 aliphatic carbocycles. The maximum Gasteiger partial charge on any atom is 0.246 e. The van der Waals surface area contributed by atoms with E-state index in [0.29, 0.717) is 35.9 Å². The largest absolute Gasteiger partial charge is 0.365 e. The van der Waals surface area contributed by atoms with Crippen molar-refractivity contribution >= 4 is 34.4 Å². The van der Waals surface area contributed by atoms with Crippen molar-refractivity contribution in [2.75, 3.05) is 23.7 Å². The molecule has 1 aliphatic heterocycles. The first-order chi connectivity index (χ1) is 14.1. The predicted octanol–water partition coefficient (Wildman–Crippen LogP) is 2.65. The van der Waals surface area contributed by atoms with Gasteiger partial charge in [-0.15, -0.1) is 0 Å². The van der Waals surface area contributed by atoms with E-state index in [1.165, 1.54) is 12.3 Å². The maximum atomic E-state index is 14.4. The molecule has 9 nitrogen and oxygen atoms in total. The van der Waals surface area contributed by atoms with E-state index in [0.717, 1.165) is 25.1 Å². The Morgan fingerprint density at radius 1 is 1.48 bits per heavy atom. The van der Waals surface area contributed by atoms with Gasteiger partial charge in [0.25, 0.3) is 0 Å². The van der Waals surface area contributed by atoms with Crippen LogP contribution in [0.3, 0.4) is 0 Å². The predicted molar refractivity (Wildman–Crippen MR) is 108 cm³/mol. The van der Waals surface area contributed by atoms with E-state index in [2.05, 4.69) is 37.3 Å². The van der Waals surface area contributed by atoms with Crippen molar-refractivity contribution in [1.82, 2.24) is 29.6 Å². The minimum absolute atomic E-state index is 0.0456. The van der Waals surface area contributed by atoms with Crippen molar-refractivity contribution < 1.29 is 9.18 Å². The second-order valence-corrected chi connectivity index (χ2v) is 6.94. The highest BCUT2D eigenvalue weighted by molar-refractivity contribution is 5.89. The number of hydrogen-bond acceptors (Lipinski definition) is 6. The Hall–Kier alpha value is -3.43. The van der Waals surface area contributed by atoms with Gasteiger partial charge in [0.1, 0.15) is 11.5 Å². The number of likely N-dealkylation sites (tertiary alicyclic amines) is 1. The van der Waals surface area contributed by atoms with Crippen LogP contribution in [0.1, 0.15) is 19.8 Å². The number of nitrogens with zero attached hydrogens (tertiary/aromatic N) is 5. The van der Waals surface area contributed by atoms with Crippen LogP contribution < -0.4 is 10.6 Å². The highest BCUT2D eigenvalue weighted by atomic mass is 19.1. The van der Waals surface area contributed by atoms with Crippen LogP contribution in [0, 0.1) is 5.82 Å². The summed E-state index contributed by atoms with van der Waals surface area (Å²) in [6.45, 7) is 7.49. The summed E-state index contributed by atoms with van der Waals surface area (Å²) < 4.78 is 16.1. The first-order valence-electron chi connectivity index (χ1n) is 9.59. The van der Waals surface area contributed by atoms with Crippen LogP contribution in [-0.2, 0) is 11.3 Å². The molecule has 1 fully saturated rings. The number of H-pyrrole nitrogens is 1. The molecule has 1 atom stereocenters. The molecule has 0 bridgehead atoms. The highest BCUT2D eigenvalue weighted by Crippen LogP contribution is 2.27. The molecule has 1 saturated heterocycles. The smallest absolute Gasteiger partial charge is 0.246 e. The Morgan fingerprint density at radius 3 is 3.10 bits per heavy atom. The Morgan fingerprint density at radius 2 is 2.34 bits per heavy atom. The average molecular weight is 398 g/mol. The first kappa shape index (κ1) is 18.9. The van der Waals surface area contributed by atoms with Crippen LogP contribution in [0.5, 0.6) is 0 Å². The fourth-order valence-corrected chi connectivity index (χ4v) is 3.50. The van der Waals surface area contributed by atoms with Gasteiger partial charge in [-0.1, -0.05) is 6.58 Å². The molecule has 1 aliphatic rings. The number of hydrogen-bond donors (Lipinski definition) is 3. The number of fused-ring (bicyclic) bond motifs is 1. The van der Waals surface area contributed by atoms with Crippen molar-refractivity contribution in [2.45, 2.75) is 32.4 Å². The molecule has 4 heterocycles. The van der Waals surface area contributed by atoms with Crippen molar-refractivity contribution in [3.05, 3.63) is 37.1 Å². The van der Waals surface area contributed by atoms with Gasteiger partial charge < -0.3 is 20.5 Å². The molecule has 3 aromatic heterocycles. The number of carbonyl (C=O) groups is 1. The number of nitrogens with one attached hydrogen (secondary N) is 3. The van der Waals surface area contributed by atoms with Crippen LogP contribution in [0.4, 0.5) is 21.8 Å². The summed E-state index contributed by atoms with van der Waals surface area (Å²) in [5.74, 6) is 0.180. The van der Waals surface area contributed by atoms with Gasteiger partial charge in [-0.2, -0.15) is 15.1 Å². The van der Waals surface area contributed by atoms with Gasteiger partial charge in [0.05, 0.1) is 17.3 Å². The summed E-state index contributed by atoms with van der Waals surface area (Å²) in [7, 11) is 0. The fourth-order valence-electron chi connectivity index (χ4n) is 3.50. The lowest BCUT2D eigenvalue weighted by Gasteiger charge is -2.32. The molecule has 0 aromatic carbocycles. The lowest BCUT2D eigenvalue weighted by Crippen LogP contribution is -2.44. The first-order valence-corrected chi connectivity index (χ1v) is 9.59. The summed E-state index contributed by atoms with van der Waals surface area (Å²) in [6.07, 6.45) is 7.80. The molecule has 4 rings (SSSR count). The Bertz CT molecular complexity index is 1040. The SMILES string of the molecule is C=CC(=O)N1CCC[C@@H](Nc2nc(Nc3cnn(CC)c3)nc3[nH]cc(F)c23)C1. The van der Waals surface area contributed by atoms with Crippen LogP contribution in [-0.4, -0.2) is 54.7 Å². The molecular formula is C19H23FN8O. The molecule has 0 unspecified atom stereocenters. The molecule has 0 radical (unpaired) electrons. The molecule has 29 heavy (non-hydrogen) atoms. The zero-order valence-corrected chi connectivity index (χ0v) is 16.2. The van der Waals surface area contributed by atoms with Crippen LogP contribution in [0.2, 0.25) is 0 Å². The number of aromatic amines is 1. The minimum Gasteiger partial charge on any atom is -0.365 e. The Kier molecular flexibility index (Phi) is 5.15. The van der Waals surface area contributed by atoms with Crippen molar-refractivity contribution in [3.63, 3.8) is 0 Å². The monoisotopic (exact) mass is 398 g/mol. The van der Waals surface area contributed by atoms with E-state index in [1.807, 2.05) is 13.1 Å². The van der Waals surface area contributed by atoms with Crippen LogP contribution in [0.25, 0.3) is 11.0 Å². The fraction of sp³-hybridized carbons (Fsp3) is 0.368. The van der Waals surface area contributed by atoms with E-state index in [1.54, 1.807) is 15.8 Å². The molecule has 0 spiro atoms. The number of rotatable bonds is 6. The van der Waals surface area contributed by atoms with Gasteiger partial charge >= 0.3 is 0 Å². The molecule has 1 amide bonds. The minimum atomic E-state index is -0.428. The second-order valence-electron chi connectivity index (χ2n) is 6.94. The Labute approximate surface area is 167 Å². The van der Waals surface area contributed by atoms with E-state index in [4.69, 9.17) is 0 Å². The molecule has 3 N–H and O–H groups in total. The van der Waals surface area contributed by atoms with E-state index >= 15 is 0 Å². The average Bonchev–Trinajstić information content (AvgIpc) is 3.34. The third-order valence-corrected chi connectivity index (χ3v) is 4.95. The zero-order valence-electron chi connectivity index (χ0n) is 16.2. The molecule has 10 heteroatoms. The third-order valence-electron chi connectivity index (χ3n) is 4.95. The molecule has 0 saturated carbocycles. The number of anilines is 3. The Balaban J connectivity index is 1.61. The number of piperidine rings is 1. The lowest BCUT2D eigenvalue weighted by atomic mass is 10.1. The van der Waals surface area contributed by atoms with Gasteiger partial charge in [0.2, 0.25) is 11.9 Å². The summed E-state index contributed by atoms with van der Waals surface area (Å²) in [5.41, 5.74) is 1.13. The zero-order chi connectivity index (χ0) is 20.4. The molecule has 3 aromatic rings. The number of halogens is 1. The van der Waals surface area contributed by atoms with Gasteiger partial charge in [-0.05, 0) is 25.8 Å². The van der Waals surface area contributed by atoms with Crippen molar-refractivity contribution in [1.29, 1.82) is 0 Å². The molecule has 152 valence electrons. The van der Waals surface area contributed by atoms with Crippen molar-refractivity contribution in [2.24, 2.45) is 0 Å². The third kappa shape index (κ3) is 3.91. The molecular weight excluding hydrogens is 375 g/mol. The summed E-state index contributed by atoms with van der Waals surface area (Å²) >= 11 is 0. The highest BCUT2D eigenvalue weighted by Gasteiger charge is 2.24. The van der Waals surface area contributed by atoms with Crippen LogP contribution >= 0.6 is 0 Å². The standard InChI is InChI=1S/C19H23FN8O/c1-3-15(29)27-7-5-6-12(10-27)23-18-16-14(20)9-21-17(16)25-19(26-18)24-13-8-22-28(4-2)11-13/h3,8-9,11-12H,1,4-7,10H2,2H3,(H3,21,23,24,25,26)/t12-/m1/s1. The summed E-state index contributed by atoms with van der Waals surface area (Å²) in [6, 6.07) is -0.0456. The number of aromatic nitrogens is 5. The van der Waals surface area contributed by atoms with E-state index in [9.17, 15) is 9.18 Å². The van der Waals surface area contributed by atoms with Gasteiger partial charge in [-0.3, -0.25) is 9.48 Å².